The maximum absolute atomic E-state index is 9.24. The summed E-state index contributed by atoms with van der Waals surface area (Å²) in [5, 5.41) is 9.24. The third kappa shape index (κ3) is 3.37. The second-order valence-electron chi connectivity index (χ2n) is 5.62. The molecule has 0 saturated carbocycles. The fourth-order valence-electron chi connectivity index (χ4n) is 2.68. The van der Waals surface area contributed by atoms with Crippen molar-refractivity contribution in [2.45, 2.75) is 51.5 Å². The van der Waals surface area contributed by atoms with Gasteiger partial charge in [-0.3, -0.25) is 0 Å². The average Bonchev–Trinajstić information content (AvgIpc) is 2.47. The van der Waals surface area contributed by atoms with Gasteiger partial charge in [-0.2, -0.15) is 0 Å². The smallest absolute Gasteiger partial charge is 0.145 e. The maximum Gasteiger partial charge on any atom is 0.145 e. The number of hydrogen-bond acceptors (Lipinski definition) is 6. The first kappa shape index (κ1) is 15.0. The van der Waals surface area contributed by atoms with Crippen molar-refractivity contribution < 1.29 is 5.11 Å². The van der Waals surface area contributed by atoms with Gasteiger partial charge in [0.25, 0.3) is 0 Å². The Morgan fingerprint density at radius 1 is 1.45 bits per heavy atom. The third-order valence-corrected chi connectivity index (χ3v) is 3.78. The Kier molecular flexibility index (Phi) is 5.14. The van der Waals surface area contributed by atoms with Crippen molar-refractivity contribution in [1.29, 1.82) is 0 Å². The monoisotopic (exact) mass is 279 g/mol. The van der Waals surface area contributed by atoms with E-state index in [2.05, 4.69) is 34.1 Å². The van der Waals surface area contributed by atoms with Gasteiger partial charge in [0, 0.05) is 31.2 Å². The highest BCUT2D eigenvalue weighted by molar-refractivity contribution is 5.50. The third-order valence-electron chi connectivity index (χ3n) is 3.78. The number of hydrogen-bond donors (Lipinski definition) is 3. The second-order valence-corrected chi connectivity index (χ2v) is 5.62. The minimum atomic E-state index is 0.214. The Morgan fingerprint density at radius 3 is 2.90 bits per heavy atom. The first-order valence-electron chi connectivity index (χ1n) is 7.38. The SMILES string of the molecule is CC(C)c1nc(NN)cc(N2CCCCC2CCO)n1. The Balaban J connectivity index is 2.31. The van der Waals surface area contributed by atoms with E-state index in [9.17, 15) is 5.11 Å². The molecule has 0 spiro atoms. The summed E-state index contributed by atoms with van der Waals surface area (Å²) in [5.41, 5.74) is 2.62. The average molecular weight is 279 g/mol. The van der Waals surface area contributed by atoms with Crippen molar-refractivity contribution >= 4 is 11.6 Å². The highest BCUT2D eigenvalue weighted by atomic mass is 16.3. The Hall–Kier alpha value is -1.40. The van der Waals surface area contributed by atoms with E-state index < -0.39 is 0 Å². The summed E-state index contributed by atoms with van der Waals surface area (Å²) >= 11 is 0. The molecular weight excluding hydrogens is 254 g/mol. The van der Waals surface area contributed by atoms with E-state index in [1.807, 2.05) is 6.07 Å². The number of nitrogen functional groups attached to an aromatic ring is 1. The Morgan fingerprint density at radius 2 is 2.25 bits per heavy atom. The lowest BCUT2D eigenvalue weighted by molar-refractivity contribution is 0.262. The van der Waals surface area contributed by atoms with E-state index in [4.69, 9.17) is 5.84 Å². The molecule has 2 rings (SSSR count). The number of aliphatic hydroxyl groups excluding tert-OH is 1. The lowest BCUT2D eigenvalue weighted by Crippen LogP contribution is -2.41. The summed E-state index contributed by atoms with van der Waals surface area (Å²) in [5.74, 6) is 8.12. The molecule has 0 radical (unpaired) electrons. The van der Waals surface area contributed by atoms with E-state index in [1.54, 1.807) is 0 Å². The van der Waals surface area contributed by atoms with Crippen molar-refractivity contribution in [3.8, 4) is 0 Å². The fourth-order valence-corrected chi connectivity index (χ4v) is 2.68. The zero-order valence-corrected chi connectivity index (χ0v) is 12.3. The first-order valence-corrected chi connectivity index (χ1v) is 7.38. The number of rotatable bonds is 5. The van der Waals surface area contributed by atoms with Gasteiger partial charge in [-0.05, 0) is 25.7 Å². The minimum absolute atomic E-state index is 0.214. The van der Waals surface area contributed by atoms with Gasteiger partial charge < -0.3 is 15.4 Å². The molecule has 0 aliphatic carbocycles. The maximum atomic E-state index is 9.24. The van der Waals surface area contributed by atoms with Gasteiger partial charge in [-0.25, -0.2) is 15.8 Å². The number of nitrogens with zero attached hydrogens (tertiary/aromatic N) is 3. The molecule has 1 fully saturated rings. The summed E-state index contributed by atoms with van der Waals surface area (Å²) < 4.78 is 0. The summed E-state index contributed by atoms with van der Waals surface area (Å²) in [4.78, 5) is 11.4. The van der Waals surface area contributed by atoms with Crippen LogP contribution in [0.2, 0.25) is 0 Å². The van der Waals surface area contributed by atoms with Crippen molar-refractivity contribution in [2.75, 3.05) is 23.5 Å². The number of anilines is 2. The molecule has 1 aliphatic rings. The standard InChI is InChI=1S/C14H25N5O/c1-10(2)14-16-12(18-15)9-13(17-14)19-7-4-3-5-11(19)6-8-20/h9-11,20H,3-8,15H2,1-2H3,(H,16,17,18). The van der Waals surface area contributed by atoms with Crippen LogP contribution in [0.25, 0.3) is 0 Å². The molecule has 1 aromatic rings. The molecule has 1 aromatic heterocycles. The van der Waals surface area contributed by atoms with E-state index in [-0.39, 0.29) is 12.5 Å². The van der Waals surface area contributed by atoms with Gasteiger partial charge in [0.05, 0.1) is 0 Å². The molecule has 1 atom stereocenters. The molecule has 0 amide bonds. The van der Waals surface area contributed by atoms with Gasteiger partial charge in [0.2, 0.25) is 0 Å². The quantitative estimate of drug-likeness (QED) is 0.561. The fraction of sp³-hybridized carbons (Fsp3) is 0.714. The number of aliphatic hydroxyl groups is 1. The molecule has 2 heterocycles. The Labute approximate surface area is 120 Å². The lowest BCUT2D eigenvalue weighted by Gasteiger charge is -2.36. The van der Waals surface area contributed by atoms with Gasteiger partial charge >= 0.3 is 0 Å². The highest BCUT2D eigenvalue weighted by Crippen LogP contribution is 2.27. The molecule has 20 heavy (non-hydrogen) atoms. The van der Waals surface area contributed by atoms with Crippen LogP contribution in [-0.4, -0.2) is 34.3 Å². The van der Waals surface area contributed by atoms with Crippen molar-refractivity contribution in [1.82, 2.24) is 9.97 Å². The van der Waals surface area contributed by atoms with Gasteiger partial charge in [0.15, 0.2) is 0 Å². The molecule has 1 saturated heterocycles. The van der Waals surface area contributed by atoms with Gasteiger partial charge in [0.1, 0.15) is 17.5 Å². The van der Waals surface area contributed by atoms with E-state index in [0.717, 1.165) is 37.4 Å². The minimum Gasteiger partial charge on any atom is -0.396 e. The lowest BCUT2D eigenvalue weighted by atomic mass is 9.99. The number of aromatic nitrogens is 2. The number of nitrogens with two attached hydrogens (primary N) is 1. The predicted molar refractivity (Wildman–Crippen MR) is 80.6 cm³/mol. The van der Waals surface area contributed by atoms with E-state index in [1.165, 1.54) is 6.42 Å². The van der Waals surface area contributed by atoms with Crippen molar-refractivity contribution in [2.24, 2.45) is 5.84 Å². The van der Waals surface area contributed by atoms with E-state index >= 15 is 0 Å². The molecule has 6 nitrogen and oxygen atoms in total. The van der Waals surface area contributed by atoms with Crippen LogP contribution in [0.1, 0.15) is 51.3 Å². The molecule has 1 aliphatic heterocycles. The highest BCUT2D eigenvalue weighted by Gasteiger charge is 2.24. The van der Waals surface area contributed by atoms with Crippen LogP contribution in [-0.2, 0) is 0 Å². The second kappa shape index (κ2) is 6.85. The van der Waals surface area contributed by atoms with Crippen LogP contribution in [0.5, 0.6) is 0 Å². The zero-order valence-electron chi connectivity index (χ0n) is 12.3. The molecule has 0 aromatic carbocycles. The summed E-state index contributed by atoms with van der Waals surface area (Å²) in [7, 11) is 0. The van der Waals surface area contributed by atoms with Gasteiger partial charge in [-0.15, -0.1) is 0 Å². The normalized spacial score (nSPS) is 19.4. The predicted octanol–water partition coefficient (Wildman–Crippen LogP) is 1.63. The molecule has 4 N–H and O–H groups in total. The molecule has 0 bridgehead atoms. The summed E-state index contributed by atoms with van der Waals surface area (Å²) in [6.07, 6.45) is 4.26. The van der Waals surface area contributed by atoms with Crippen molar-refractivity contribution in [3.05, 3.63) is 11.9 Å². The van der Waals surface area contributed by atoms with Crippen LogP contribution < -0.4 is 16.2 Å². The summed E-state index contributed by atoms with van der Waals surface area (Å²) in [6.45, 7) is 5.33. The van der Waals surface area contributed by atoms with E-state index in [0.29, 0.717) is 11.9 Å². The molecular formula is C14H25N5O. The largest absolute Gasteiger partial charge is 0.396 e. The summed E-state index contributed by atoms with van der Waals surface area (Å²) in [6, 6.07) is 2.25. The Bertz CT molecular complexity index is 436. The van der Waals surface area contributed by atoms with Crippen LogP contribution in [0.15, 0.2) is 6.07 Å². The van der Waals surface area contributed by atoms with Gasteiger partial charge in [-0.1, -0.05) is 13.8 Å². The molecule has 6 heteroatoms. The molecule has 1 unspecified atom stereocenters. The topological polar surface area (TPSA) is 87.3 Å². The number of hydrazine groups is 1. The van der Waals surface area contributed by atoms with Crippen LogP contribution >= 0.6 is 0 Å². The van der Waals surface area contributed by atoms with Crippen LogP contribution in [0, 0.1) is 0 Å². The number of piperidine rings is 1. The molecule has 112 valence electrons. The van der Waals surface area contributed by atoms with Crippen LogP contribution in [0.3, 0.4) is 0 Å². The number of nitrogens with one attached hydrogen (secondary N) is 1. The first-order chi connectivity index (χ1) is 9.65. The van der Waals surface area contributed by atoms with Crippen LogP contribution in [0.4, 0.5) is 11.6 Å². The zero-order chi connectivity index (χ0) is 14.5. The van der Waals surface area contributed by atoms with Crippen molar-refractivity contribution in [3.63, 3.8) is 0 Å².